The molecule has 0 spiro atoms. The van der Waals surface area contributed by atoms with Gasteiger partial charge in [-0.2, -0.15) is 13.2 Å². The fourth-order valence-electron chi connectivity index (χ4n) is 6.47. The van der Waals surface area contributed by atoms with Gasteiger partial charge >= 0.3 is 6.18 Å². The normalized spacial score (nSPS) is 19.5. The standard InChI is InChI=1S/C34H45F3N6O3/c1-21(38-4)15-30(46-6)26(19-44)18-41-33(45)28-17-29-27(25-7-11-40-31(16-25)39-5)10-14-43(29)32(23(28)3)22(2)24-8-12-42(13-9-24)20-34(35,36)37/h7,10-11,14-15,17,19,22,24,31,38-39H,8-9,12-13,16,18,20H2,1-6H3,(H,41,45)/b21-15-,30-26+. The maximum absolute atomic E-state index is 13.9. The third kappa shape index (κ3) is 8.08. The number of aldehydes is 1. The number of amides is 1. The minimum Gasteiger partial charge on any atom is -0.496 e. The van der Waals surface area contributed by atoms with E-state index < -0.39 is 12.7 Å². The van der Waals surface area contributed by atoms with E-state index in [2.05, 4.69) is 32.3 Å². The molecule has 12 heteroatoms. The smallest absolute Gasteiger partial charge is 0.401 e. The summed E-state index contributed by atoms with van der Waals surface area (Å²) in [6.45, 7) is 5.66. The van der Waals surface area contributed by atoms with Crippen molar-refractivity contribution >= 4 is 29.5 Å². The Morgan fingerprint density at radius 2 is 1.96 bits per heavy atom. The number of fused-ring (bicyclic) bond motifs is 1. The van der Waals surface area contributed by atoms with E-state index in [4.69, 9.17) is 4.74 Å². The SMILES string of the molecule is CN/C(C)=C\C(OC)=C(/C=O)CNC(=O)c1cc2c(C3=CC=NC(NC)C3)ccn2c(C(C)C2CCN(CC(F)(F)F)CC2)c1C. The first kappa shape index (κ1) is 35.0. The van der Waals surface area contributed by atoms with Crippen LogP contribution in [0.5, 0.6) is 0 Å². The summed E-state index contributed by atoms with van der Waals surface area (Å²) >= 11 is 0. The van der Waals surface area contributed by atoms with Gasteiger partial charge < -0.3 is 19.8 Å². The molecule has 46 heavy (non-hydrogen) atoms. The van der Waals surface area contributed by atoms with Crippen LogP contribution in [0.25, 0.3) is 11.1 Å². The van der Waals surface area contributed by atoms with Crippen LogP contribution < -0.4 is 16.0 Å². The second-order valence-corrected chi connectivity index (χ2v) is 12.0. The highest BCUT2D eigenvalue weighted by atomic mass is 19.4. The Hall–Kier alpha value is -3.90. The number of hydrogen-bond acceptors (Lipinski definition) is 7. The number of carbonyl (C=O) groups is 2. The summed E-state index contributed by atoms with van der Waals surface area (Å²) in [5.41, 5.74) is 6.22. The van der Waals surface area contributed by atoms with E-state index >= 15 is 0 Å². The second-order valence-electron chi connectivity index (χ2n) is 12.0. The van der Waals surface area contributed by atoms with E-state index in [9.17, 15) is 22.8 Å². The number of halogens is 3. The number of allylic oxidation sites excluding steroid dienone is 3. The highest BCUT2D eigenvalue weighted by Crippen LogP contribution is 2.38. The Morgan fingerprint density at radius 1 is 1.24 bits per heavy atom. The van der Waals surface area contributed by atoms with Crippen molar-refractivity contribution in [3.63, 3.8) is 0 Å². The molecular formula is C34H45F3N6O3. The minimum atomic E-state index is -4.22. The number of piperidine rings is 1. The van der Waals surface area contributed by atoms with Crippen molar-refractivity contribution in [2.45, 2.75) is 58.3 Å². The molecule has 2 atom stereocenters. The fraction of sp³-hybridized carbons (Fsp3) is 0.500. The first-order chi connectivity index (χ1) is 21.9. The molecular weight excluding hydrogens is 597 g/mol. The molecule has 4 heterocycles. The van der Waals surface area contributed by atoms with Crippen LogP contribution in [-0.4, -0.2) is 87.4 Å². The first-order valence-corrected chi connectivity index (χ1v) is 15.6. The minimum absolute atomic E-state index is 0.0318. The van der Waals surface area contributed by atoms with Crippen molar-refractivity contribution in [2.24, 2.45) is 10.9 Å². The monoisotopic (exact) mass is 642 g/mol. The van der Waals surface area contributed by atoms with Crippen LogP contribution in [-0.2, 0) is 9.53 Å². The van der Waals surface area contributed by atoms with Crippen molar-refractivity contribution in [3.8, 4) is 0 Å². The van der Waals surface area contributed by atoms with Crippen LogP contribution >= 0.6 is 0 Å². The Labute approximate surface area is 268 Å². The molecule has 1 saturated heterocycles. The van der Waals surface area contributed by atoms with Gasteiger partial charge in [-0.1, -0.05) is 6.92 Å². The van der Waals surface area contributed by atoms with Gasteiger partial charge in [0.15, 0.2) is 6.29 Å². The summed E-state index contributed by atoms with van der Waals surface area (Å²) < 4.78 is 46.7. The quantitative estimate of drug-likeness (QED) is 0.131. The third-order valence-electron chi connectivity index (χ3n) is 9.17. The number of likely N-dealkylation sites (tertiary alicyclic amines) is 1. The Bertz CT molecular complexity index is 1550. The lowest BCUT2D eigenvalue weighted by Crippen LogP contribution is -2.41. The zero-order valence-electron chi connectivity index (χ0n) is 27.4. The molecule has 0 aromatic carbocycles. The summed E-state index contributed by atoms with van der Waals surface area (Å²) in [6, 6.07) is 3.93. The van der Waals surface area contributed by atoms with E-state index in [0.717, 1.165) is 33.6 Å². The predicted octanol–water partition coefficient (Wildman–Crippen LogP) is 4.98. The van der Waals surface area contributed by atoms with E-state index in [1.807, 2.05) is 45.3 Å². The Morgan fingerprint density at radius 3 is 2.57 bits per heavy atom. The average molecular weight is 643 g/mol. The highest BCUT2D eigenvalue weighted by Gasteiger charge is 2.35. The molecule has 2 aromatic heterocycles. The fourth-order valence-corrected chi connectivity index (χ4v) is 6.47. The molecule has 1 fully saturated rings. The maximum Gasteiger partial charge on any atom is 0.401 e. The lowest BCUT2D eigenvalue weighted by Gasteiger charge is -2.36. The van der Waals surface area contributed by atoms with Gasteiger partial charge in [-0.25, -0.2) is 0 Å². The summed E-state index contributed by atoms with van der Waals surface area (Å²) in [5.74, 6) is 0.119. The van der Waals surface area contributed by atoms with Crippen LogP contribution in [0.3, 0.4) is 0 Å². The number of methoxy groups -OCH3 is 1. The predicted molar refractivity (Wildman–Crippen MR) is 175 cm³/mol. The van der Waals surface area contributed by atoms with Gasteiger partial charge in [-0.05, 0) is 94.1 Å². The van der Waals surface area contributed by atoms with Crippen molar-refractivity contribution in [2.75, 3.05) is 47.4 Å². The molecule has 250 valence electrons. The molecule has 2 aliphatic heterocycles. The summed E-state index contributed by atoms with van der Waals surface area (Å²) in [6.07, 6.45) is 5.80. The molecule has 0 radical (unpaired) electrons. The number of aliphatic imine (C=N–C) groups is 1. The summed E-state index contributed by atoms with van der Waals surface area (Å²) in [5, 5.41) is 9.10. The zero-order chi connectivity index (χ0) is 33.6. The Kier molecular flexibility index (Phi) is 11.5. The molecule has 2 aromatic rings. The number of rotatable bonds is 12. The number of nitrogens with one attached hydrogen (secondary N) is 3. The Balaban J connectivity index is 1.73. The van der Waals surface area contributed by atoms with Crippen LogP contribution in [0, 0.1) is 12.8 Å². The van der Waals surface area contributed by atoms with E-state index in [0.29, 0.717) is 50.0 Å². The number of alkyl halides is 3. The molecule has 2 unspecified atom stereocenters. The number of dihydropyridines is 1. The second kappa shape index (κ2) is 15.1. The lowest BCUT2D eigenvalue weighted by molar-refractivity contribution is -0.148. The van der Waals surface area contributed by atoms with Gasteiger partial charge in [-0.3, -0.25) is 24.8 Å². The van der Waals surface area contributed by atoms with E-state index in [1.54, 1.807) is 19.3 Å². The van der Waals surface area contributed by atoms with Crippen molar-refractivity contribution < 1.29 is 27.5 Å². The van der Waals surface area contributed by atoms with E-state index in [1.165, 1.54) is 12.0 Å². The van der Waals surface area contributed by atoms with Crippen LogP contribution in [0.4, 0.5) is 13.2 Å². The molecule has 9 nitrogen and oxygen atoms in total. The van der Waals surface area contributed by atoms with Crippen molar-refractivity contribution in [1.29, 1.82) is 0 Å². The molecule has 0 saturated carbocycles. The van der Waals surface area contributed by atoms with Gasteiger partial charge in [0.1, 0.15) is 11.9 Å². The number of carbonyl (C=O) groups excluding carboxylic acids is 2. The summed E-state index contributed by atoms with van der Waals surface area (Å²) in [7, 11) is 5.09. The van der Waals surface area contributed by atoms with Gasteiger partial charge in [-0.15, -0.1) is 0 Å². The molecule has 0 aliphatic carbocycles. The van der Waals surface area contributed by atoms with Crippen molar-refractivity contribution in [1.82, 2.24) is 25.3 Å². The number of hydrogen-bond donors (Lipinski definition) is 3. The lowest BCUT2D eigenvalue weighted by atomic mass is 9.81. The largest absolute Gasteiger partial charge is 0.496 e. The zero-order valence-corrected chi connectivity index (χ0v) is 27.4. The number of ether oxygens (including phenoxy) is 1. The van der Waals surface area contributed by atoms with Crippen LogP contribution in [0.1, 0.15) is 66.2 Å². The number of aromatic nitrogens is 1. The first-order valence-electron chi connectivity index (χ1n) is 15.6. The molecule has 3 N–H and O–H groups in total. The maximum atomic E-state index is 13.9. The van der Waals surface area contributed by atoms with Crippen LogP contribution in [0.2, 0.25) is 0 Å². The topological polar surface area (TPSA) is 99.5 Å². The molecule has 1 amide bonds. The van der Waals surface area contributed by atoms with Crippen molar-refractivity contribution in [3.05, 3.63) is 69.9 Å². The average Bonchev–Trinajstić information content (AvgIpc) is 3.46. The molecule has 0 bridgehead atoms. The third-order valence-corrected chi connectivity index (χ3v) is 9.17. The van der Waals surface area contributed by atoms with Gasteiger partial charge in [0, 0.05) is 54.9 Å². The van der Waals surface area contributed by atoms with Gasteiger partial charge in [0.2, 0.25) is 0 Å². The highest BCUT2D eigenvalue weighted by molar-refractivity contribution is 5.99. The van der Waals surface area contributed by atoms with Crippen LogP contribution in [0.15, 0.2) is 52.5 Å². The van der Waals surface area contributed by atoms with E-state index in [-0.39, 0.29) is 36.0 Å². The number of pyridine rings is 1. The molecule has 2 aliphatic rings. The number of nitrogens with zero attached hydrogens (tertiary/aromatic N) is 3. The van der Waals surface area contributed by atoms with Gasteiger partial charge in [0.25, 0.3) is 5.91 Å². The molecule has 4 rings (SSSR count). The van der Waals surface area contributed by atoms with Gasteiger partial charge in [0.05, 0.1) is 24.7 Å². The summed E-state index contributed by atoms with van der Waals surface area (Å²) in [4.78, 5) is 31.8.